The van der Waals surface area contributed by atoms with Crippen LogP contribution in [0.2, 0.25) is 0 Å². The smallest absolute Gasteiger partial charge is 0.337 e. The van der Waals surface area contributed by atoms with Gasteiger partial charge in [-0.2, -0.15) is 5.26 Å². The van der Waals surface area contributed by atoms with E-state index in [2.05, 4.69) is 21.6 Å². The van der Waals surface area contributed by atoms with E-state index >= 15 is 0 Å². The third kappa shape index (κ3) is 2.57. The Kier molecular flexibility index (Phi) is 4.54. The third-order valence-electron chi connectivity index (χ3n) is 3.47. The monoisotopic (exact) mass is 311 g/mol. The van der Waals surface area contributed by atoms with Crippen LogP contribution in [0.25, 0.3) is 17.1 Å². The van der Waals surface area contributed by atoms with Gasteiger partial charge >= 0.3 is 5.82 Å². The minimum Gasteiger partial charge on any atom is -1.00 e. The summed E-state index contributed by atoms with van der Waals surface area (Å²) in [5.41, 5.74) is 4.44. The Morgan fingerprint density at radius 1 is 1.05 bits per heavy atom. The topological polar surface area (TPSA) is 69.2 Å². The zero-order chi connectivity index (χ0) is 14.8. The van der Waals surface area contributed by atoms with E-state index < -0.39 is 0 Å². The summed E-state index contributed by atoms with van der Waals surface area (Å²) >= 11 is 0. The molecule has 110 valence electrons. The van der Waals surface area contributed by atoms with E-state index in [4.69, 9.17) is 0 Å². The first-order chi connectivity index (χ1) is 10.2. The van der Waals surface area contributed by atoms with E-state index in [-0.39, 0.29) is 12.4 Å². The Bertz CT molecular complexity index is 848. The first-order valence-electron chi connectivity index (χ1n) is 6.61. The lowest BCUT2D eigenvalue weighted by molar-refractivity contribution is -0.650. The van der Waals surface area contributed by atoms with Crippen molar-refractivity contribution in [1.82, 2.24) is 15.5 Å². The van der Waals surface area contributed by atoms with E-state index in [1.165, 1.54) is 0 Å². The number of tetrazole rings is 1. The van der Waals surface area contributed by atoms with Crippen LogP contribution in [-0.4, -0.2) is 15.5 Å². The summed E-state index contributed by atoms with van der Waals surface area (Å²) in [6.45, 7) is 3.99. The second-order valence-corrected chi connectivity index (χ2v) is 4.86. The molecule has 1 aromatic heterocycles. The van der Waals surface area contributed by atoms with Crippen molar-refractivity contribution in [2.75, 3.05) is 0 Å². The number of halogens is 1. The van der Waals surface area contributed by atoms with E-state index in [1.807, 2.05) is 50.2 Å². The molecule has 5 nitrogen and oxygen atoms in total. The van der Waals surface area contributed by atoms with Gasteiger partial charge in [-0.15, -0.1) is 4.68 Å². The third-order valence-corrected chi connectivity index (χ3v) is 3.47. The van der Waals surface area contributed by atoms with Gasteiger partial charge in [0.2, 0.25) is 0 Å². The molecular formula is C16H14ClN5. The number of rotatable bonds is 2. The second kappa shape index (κ2) is 6.37. The molecule has 0 fully saturated rings. The van der Waals surface area contributed by atoms with Gasteiger partial charge in [-0.3, -0.25) is 0 Å². The second-order valence-electron chi connectivity index (χ2n) is 4.86. The fourth-order valence-electron chi connectivity index (χ4n) is 2.41. The molecule has 0 saturated heterocycles. The number of aromatic amines is 1. The van der Waals surface area contributed by atoms with Crippen molar-refractivity contribution >= 4 is 0 Å². The number of hydrogen-bond acceptors (Lipinski definition) is 3. The number of nitriles is 1. The van der Waals surface area contributed by atoms with Crippen LogP contribution in [0.1, 0.15) is 16.7 Å². The van der Waals surface area contributed by atoms with Crippen molar-refractivity contribution in [2.24, 2.45) is 0 Å². The maximum absolute atomic E-state index is 9.34. The molecular weight excluding hydrogens is 298 g/mol. The van der Waals surface area contributed by atoms with E-state index in [9.17, 15) is 5.26 Å². The summed E-state index contributed by atoms with van der Waals surface area (Å²) in [7, 11) is 0. The van der Waals surface area contributed by atoms with Gasteiger partial charge in [0, 0.05) is 0 Å². The SMILES string of the molecule is Cc1ccccc1-c1nn[nH][n+]1-c1c(C)cccc1C#N.[Cl-]. The lowest BCUT2D eigenvalue weighted by Crippen LogP contribution is -3.00. The van der Waals surface area contributed by atoms with Crippen LogP contribution in [0.3, 0.4) is 0 Å². The average molecular weight is 312 g/mol. The molecule has 0 aliphatic carbocycles. The highest BCUT2D eigenvalue weighted by atomic mass is 35.5. The molecule has 6 heteroatoms. The van der Waals surface area contributed by atoms with E-state index in [1.54, 1.807) is 10.7 Å². The van der Waals surface area contributed by atoms with Crippen LogP contribution in [0.5, 0.6) is 0 Å². The fourth-order valence-corrected chi connectivity index (χ4v) is 2.41. The summed E-state index contributed by atoms with van der Waals surface area (Å²) < 4.78 is 1.76. The number of H-pyrrole nitrogens is 1. The van der Waals surface area contributed by atoms with Crippen molar-refractivity contribution in [3.8, 4) is 23.1 Å². The Balaban J connectivity index is 0.00000176. The predicted molar refractivity (Wildman–Crippen MR) is 77.5 cm³/mol. The van der Waals surface area contributed by atoms with Gasteiger partial charge < -0.3 is 12.4 Å². The molecule has 3 aromatic rings. The molecule has 0 aliphatic rings. The molecule has 0 bridgehead atoms. The van der Waals surface area contributed by atoms with Crippen molar-refractivity contribution in [2.45, 2.75) is 13.8 Å². The number of aromatic nitrogens is 4. The number of nitrogens with zero attached hydrogens (tertiary/aromatic N) is 4. The first kappa shape index (κ1) is 15.7. The van der Waals surface area contributed by atoms with Gasteiger partial charge in [0.05, 0.1) is 11.1 Å². The average Bonchev–Trinajstić information content (AvgIpc) is 2.96. The lowest BCUT2D eigenvalue weighted by atomic mass is 10.1. The summed E-state index contributed by atoms with van der Waals surface area (Å²) in [5.74, 6) is 0.693. The fraction of sp³-hybridized carbons (Fsp3) is 0.125. The van der Waals surface area contributed by atoms with Crippen LogP contribution in [0, 0.1) is 25.2 Å². The molecule has 0 amide bonds. The minimum absolute atomic E-state index is 0. The van der Waals surface area contributed by atoms with Gasteiger partial charge in [-0.05, 0) is 37.1 Å². The molecule has 3 rings (SSSR count). The van der Waals surface area contributed by atoms with E-state index in [0.717, 1.165) is 22.4 Å². The Morgan fingerprint density at radius 2 is 1.77 bits per heavy atom. The Hall–Kier alpha value is -2.71. The first-order valence-corrected chi connectivity index (χ1v) is 6.61. The van der Waals surface area contributed by atoms with Gasteiger partial charge in [0.1, 0.15) is 16.9 Å². The van der Waals surface area contributed by atoms with Crippen molar-refractivity contribution in [3.05, 3.63) is 59.2 Å². The Labute approximate surface area is 134 Å². The van der Waals surface area contributed by atoms with Crippen LogP contribution in [0.4, 0.5) is 0 Å². The number of aryl methyl sites for hydroxylation is 2. The molecule has 0 aliphatic heterocycles. The minimum atomic E-state index is 0. The number of nitrogens with one attached hydrogen (secondary N) is 1. The quantitative estimate of drug-likeness (QED) is 0.633. The zero-order valence-electron chi connectivity index (χ0n) is 12.2. The van der Waals surface area contributed by atoms with Crippen LogP contribution >= 0.6 is 0 Å². The van der Waals surface area contributed by atoms with Crippen LogP contribution < -0.4 is 17.1 Å². The lowest BCUT2D eigenvalue weighted by Gasteiger charge is -2.06. The standard InChI is InChI=1S/C16H13N5.ClH/c1-11-6-3-4-9-14(11)16-18-19-20-21(16)15-12(2)7-5-8-13(15)10-17;/h3-9H,1-2H3;1H. The summed E-state index contributed by atoms with van der Waals surface area (Å²) in [6, 6.07) is 15.8. The highest BCUT2D eigenvalue weighted by Crippen LogP contribution is 2.20. The Morgan fingerprint density at radius 3 is 2.50 bits per heavy atom. The maximum Gasteiger partial charge on any atom is 0.337 e. The molecule has 22 heavy (non-hydrogen) atoms. The largest absolute Gasteiger partial charge is 1.00 e. The van der Waals surface area contributed by atoms with Gasteiger partial charge in [-0.1, -0.05) is 35.5 Å². The highest BCUT2D eigenvalue weighted by molar-refractivity contribution is 5.58. The molecule has 0 atom stereocenters. The number of para-hydroxylation sites is 1. The molecule has 0 spiro atoms. The van der Waals surface area contributed by atoms with Crippen LogP contribution in [0.15, 0.2) is 42.5 Å². The molecule has 0 saturated carbocycles. The maximum atomic E-state index is 9.34. The molecule has 1 N–H and O–H groups in total. The number of benzene rings is 2. The molecule has 0 radical (unpaired) electrons. The van der Waals surface area contributed by atoms with Gasteiger partial charge in [0.25, 0.3) is 0 Å². The van der Waals surface area contributed by atoms with Crippen LogP contribution in [-0.2, 0) is 0 Å². The summed E-state index contributed by atoms with van der Waals surface area (Å²) in [6.07, 6.45) is 0. The predicted octanol–water partition coefficient (Wildman–Crippen LogP) is -0.759. The highest BCUT2D eigenvalue weighted by Gasteiger charge is 2.23. The zero-order valence-corrected chi connectivity index (χ0v) is 13.0. The van der Waals surface area contributed by atoms with E-state index in [0.29, 0.717) is 11.4 Å². The molecule has 0 unspecified atom stereocenters. The molecule has 2 aromatic carbocycles. The van der Waals surface area contributed by atoms with Crippen molar-refractivity contribution in [1.29, 1.82) is 5.26 Å². The van der Waals surface area contributed by atoms with Crippen molar-refractivity contribution < 1.29 is 17.1 Å². The van der Waals surface area contributed by atoms with Gasteiger partial charge in [-0.25, -0.2) is 0 Å². The molecule has 1 heterocycles. The number of hydrogen-bond donors (Lipinski definition) is 1. The van der Waals surface area contributed by atoms with Crippen molar-refractivity contribution in [3.63, 3.8) is 0 Å². The van der Waals surface area contributed by atoms with Gasteiger partial charge in [0.15, 0.2) is 5.21 Å². The normalized spacial score (nSPS) is 9.86. The summed E-state index contributed by atoms with van der Waals surface area (Å²) in [4.78, 5) is 0. The summed E-state index contributed by atoms with van der Waals surface area (Å²) in [5, 5.41) is 20.3.